The highest BCUT2D eigenvalue weighted by molar-refractivity contribution is 5.83. The van der Waals surface area contributed by atoms with E-state index >= 15 is 0 Å². The van der Waals surface area contributed by atoms with Crippen LogP contribution in [-0.2, 0) is 11.3 Å². The lowest BCUT2D eigenvalue weighted by Crippen LogP contribution is -2.43. The van der Waals surface area contributed by atoms with Crippen molar-refractivity contribution in [3.63, 3.8) is 0 Å². The molecule has 1 aliphatic heterocycles. The molecule has 0 aliphatic carbocycles. The molecule has 8 nitrogen and oxygen atoms in total. The zero-order chi connectivity index (χ0) is 22.0. The van der Waals surface area contributed by atoms with E-state index < -0.39 is 0 Å². The zero-order valence-corrected chi connectivity index (χ0v) is 18.5. The number of amides is 1. The highest BCUT2D eigenvalue weighted by Gasteiger charge is 2.20. The number of piperidine rings is 1. The van der Waals surface area contributed by atoms with E-state index in [2.05, 4.69) is 27.3 Å². The molecule has 1 fully saturated rings. The van der Waals surface area contributed by atoms with E-state index in [1.54, 1.807) is 4.68 Å². The van der Waals surface area contributed by atoms with Crippen molar-refractivity contribution >= 4 is 16.8 Å². The van der Waals surface area contributed by atoms with Crippen LogP contribution in [-0.4, -0.2) is 56.0 Å². The van der Waals surface area contributed by atoms with Crippen molar-refractivity contribution in [2.75, 3.05) is 19.6 Å². The van der Waals surface area contributed by atoms with Gasteiger partial charge in [-0.1, -0.05) is 24.6 Å². The molecule has 0 spiro atoms. The molecule has 0 radical (unpaired) electrons. The second-order valence-corrected chi connectivity index (χ2v) is 8.34. The van der Waals surface area contributed by atoms with Gasteiger partial charge in [0.05, 0.1) is 22.5 Å². The smallest absolute Gasteiger partial charge is 0.295 e. The SMILES string of the molecule is Cc1nn(CC(=O)NCCN2CCCC[C@@H]2C)c(=O)c2nn(-c3ccccc3)c(C)c12. The van der Waals surface area contributed by atoms with Crippen LogP contribution in [0.4, 0.5) is 0 Å². The Morgan fingerprint density at radius 2 is 1.94 bits per heavy atom. The molecule has 3 aromatic rings. The number of para-hydroxylation sites is 1. The van der Waals surface area contributed by atoms with Gasteiger partial charge in [0.15, 0.2) is 5.52 Å². The Hall–Kier alpha value is -3.00. The lowest BCUT2D eigenvalue weighted by Gasteiger charge is -2.33. The van der Waals surface area contributed by atoms with E-state index in [9.17, 15) is 9.59 Å². The Morgan fingerprint density at radius 3 is 2.68 bits per heavy atom. The number of benzene rings is 1. The third kappa shape index (κ3) is 4.39. The lowest BCUT2D eigenvalue weighted by molar-refractivity contribution is -0.122. The number of nitrogens with zero attached hydrogens (tertiary/aromatic N) is 5. The molecule has 1 saturated heterocycles. The quantitative estimate of drug-likeness (QED) is 0.658. The van der Waals surface area contributed by atoms with Crippen LogP contribution in [0.15, 0.2) is 35.1 Å². The second kappa shape index (κ2) is 9.01. The maximum absolute atomic E-state index is 13.0. The van der Waals surface area contributed by atoms with E-state index in [0.29, 0.717) is 23.8 Å². The number of hydrogen-bond acceptors (Lipinski definition) is 5. The lowest BCUT2D eigenvalue weighted by atomic mass is 10.0. The van der Waals surface area contributed by atoms with Crippen LogP contribution in [0.3, 0.4) is 0 Å². The first-order valence-electron chi connectivity index (χ1n) is 11.0. The average molecular weight is 423 g/mol. The largest absolute Gasteiger partial charge is 0.353 e. The Labute approximate surface area is 181 Å². The molecule has 2 aromatic heterocycles. The number of carbonyl (C=O) groups is 1. The van der Waals surface area contributed by atoms with Gasteiger partial charge in [-0.3, -0.25) is 14.5 Å². The van der Waals surface area contributed by atoms with Crippen LogP contribution in [0.1, 0.15) is 37.6 Å². The van der Waals surface area contributed by atoms with E-state index in [1.165, 1.54) is 23.9 Å². The number of nitrogens with one attached hydrogen (secondary N) is 1. The summed E-state index contributed by atoms with van der Waals surface area (Å²) < 4.78 is 2.98. The molecule has 1 atom stereocenters. The van der Waals surface area contributed by atoms with E-state index in [0.717, 1.165) is 29.9 Å². The van der Waals surface area contributed by atoms with Crippen LogP contribution in [0.25, 0.3) is 16.6 Å². The third-order valence-electron chi connectivity index (χ3n) is 6.14. The summed E-state index contributed by atoms with van der Waals surface area (Å²) in [5, 5.41) is 12.6. The first-order chi connectivity index (χ1) is 15.0. The number of aryl methyl sites for hydroxylation is 2. The summed E-state index contributed by atoms with van der Waals surface area (Å²) in [6.07, 6.45) is 3.70. The van der Waals surface area contributed by atoms with Gasteiger partial charge >= 0.3 is 0 Å². The van der Waals surface area contributed by atoms with Gasteiger partial charge in [0.25, 0.3) is 5.56 Å². The van der Waals surface area contributed by atoms with Gasteiger partial charge in [-0.2, -0.15) is 10.2 Å². The predicted octanol–water partition coefficient (Wildman–Crippen LogP) is 2.19. The molecule has 164 valence electrons. The maximum Gasteiger partial charge on any atom is 0.295 e. The molecular formula is C23H30N6O2. The molecule has 0 saturated carbocycles. The third-order valence-corrected chi connectivity index (χ3v) is 6.14. The van der Waals surface area contributed by atoms with Crippen LogP contribution in [0.5, 0.6) is 0 Å². The highest BCUT2D eigenvalue weighted by atomic mass is 16.2. The van der Waals surface area contributed by atoms with Crippen LogP contribution in [0.2, 0.25) is 0 Å². The molecule has 1 N–H and O–H groups in total. The van der Waals surface area contributed by atoms with Gasteiger partial charge in [0.2, 0.25) is 5.91 Å². The molecule has 8 heteroatoms. The number of hydrogen-bond donors (Lipinski definition) is 1. The molecule has 0 unspecified atom stereocenters. The normalized spacial score (nSPS) is 17.2. The van der Waals surface area contributed by atoms with Crippen molar-refractivity contribution in [1.29, 1.82) is 0 Å². The Balaban J connectivity index is 1.50. The molecular weight excluding hydrogens is 392 g/mol. The minimum absolute atomic E-state index is 0.109. The Bertz CT molecular complexity index is 1130. The first-order valence-corrected chi connectivity index (χ1v) is 11.0. The van der Waals surface area contributed by atoms with Crippen molar-refractivity contribution in [2.24, 2.45) is 0 Å². The van der Waals surface area contributed by atoms with Crippen molar-refractivity contribution in [2.45, 2.75) is 52.6 Å². The van der Waals surface area contributed by atoms with Gasteiger partial charge in [0.1, 0.15) is 6.54 Å². The summed E-state index contributed by atoms with van der Waals surface area (Å²) in [4.78, 5) is 27.9. The summed E-state index contributed by atoms with van der Waals surface area (Å²) in [7, 11) is 0. The Kier molecular flexibility index (Phi) is 6.18. The van der Waals surface area contributed by atoms with E-state index in [4.69, 9.17) is 0 Å². The molecule has 4 rings (SSSR count). The van der Waals surface area contributed by atoms with Crippen LogP contribution < -0.4 is 10.9 Å². The zero-order valence-electron chi connectivity index (χ0n) is 18.5. The fraction of sp³-hybridized carbons (Fsp3) is 0.478. The summed E-state index contributed by atoms with van der Waals surface area (Å²) in [5.41, 5.74) is 2.41. The van der Waals surface area contributed by atoms with Crippen molar-refractivity contribution in [1.82, 2.24) is 29.8 Å². The highest BCUT2D eigenvalue weighted by Crippen LogP contribution is 2.21. The fourth-order valence-electron chi connectivity index (χ4n) is 4.43. The number of rotatable bonds is 6. The molecule has 3 heterocycles. The number of carbonyl (C=O) groups excluding carboxylic acids is 1. The molecule has 31 heavy (non-hydrogen) atoms. The molecule has 1 aliphatic rings. The summed E-state index contributed by atoms with van der Waals surface area (Å²) in [6, 6.07) is 10.2. The standard InChI is InChI=1S/C23H30N6O2/c1-16-9-7-8-13-27(16)14-12-24-20(30)15-28-23(31)22-21(17(2)25-28)18(3)29(26-22)19-10-5-4-6-11-19/h4-6,10-11,16H,7-9,12-15H2,1-3H3,(H,24,30)/t16-/m0/s1. The van der Waals surface area contributed by atoms with Crippen molar-refractivity contribution < 1.29 is 4.79 Å². The molecule has 1 aromatic carbocycles. The van der Waals surface area contributed by atoms with Crippen molar-refractivity contribution in [3.05, 3.63) is 52.1 Å². The van der Waals surface area contributed by atoms with Gasteiger partial charge in [-0.15, -0.1) is 0 Å². The minimum Gasteiger partial charge on any atom is -0.353 e. The number of aromatic nitrogens is 4. The molecule has 1 amide bonds. The monoisotopic (exact) mass is 422 g/mol. The predicted molar refractivity (Wildman–Crippen MR) is 120 cm³/mol. The fourth-order valence-corrected chi connectivity index (χ4v) is 4.43. The summed E-state index contributed by atoms with van der Waals surface area (Å²) >= 11 is 0. The van der Waals surface area contributed by atoms with Gasteiger partial charge in [0, 0.05) is 19.1 Å². The molecule has 0 bridgehead atoms. The van der Waals surface area contributed by atoms with Gasteiger partial charge in [-0.05, 0) is 52.3 Å². The number of likely N-dealkylation sites (tertiary alicyclic amines) is 1. The summed E-state index contributed by atoms with van der Waals surface area (Å²) in [6.45, 7) is 8.38. The topological polar surface area (TPSA) is 85.1 Å². The minimum atomic E-state index is -0.349. The average Bonchev–Trinajstić information content (AvgIpc) is 3.12. The summed E-state index contributed by atoms with van der Waals surface area (Å²) in [5.74, 6) is -0.211. The van der Waals surface area contributed by atoms with Crippen LogP contribution >= 0.6 is 0 Å². The first kappa shape index (κ1) is 21.2. The van der Waals surface area contributed by atoms with E-state index in [1.807, 2.05) is 44.2 Å². The van der Waals surface area contributed by atoms with Gasteiger partial charge in [-0.25, -0.2) is 9.36 Å². The maximum atomic E-state index is 13.0. The number of fused-ring (bicyclic) bond motifs is 1. The van der Waals surface area contributed by atoms with Gasteiger partial charge < -0.3 is 5.32 Å². The second-order valence-electron chi connectivity index (χ2n) is 8.34. The Morgan fingerprint density at radius 1 is 1.16 bits per heavy atom. The van der Waals surface area contributed by atoms with Crippen molar-refractivity contribution in [3.8, 4) is 5.69 Å². The van der Waals surface area contributed by atoms with E-state index in [-0.39, 0.29) is 18.0 Å². The van der Waals surface area contributed by atoms with Crippen LogP contribution in [0, 0.1) is 13.8 Å².